The number of hydrogen-bond donors (Lipinski definition) is 1. The van der Waals surface area contributed by atoms with Gasteiger partial charge in [0.1, 0.15) is 5.75 Å². The molecule has 4 heteroatoms. The van der Waals surface area contributed by atoms with E-state index >= 15 is 0 Å². The Hall–Kier alpha value is -1.42. The van der Waals surface area contributed by atoms with Gasteiger partial charge in [0, 0.05) is 30.9 Å². The van der Waals surface area contributed by atoms with Crippen molar-refractivity contribution in [1.82, 2.24) is 4.90 Å². The Kier molecular flexibility index (Phi) is 5.74. The number of ether oxygens (including phenoxy) is 1. The maximum atomic E-state index is 5.89. The predicted molar refractivity (Wildman–Crippen MR) is 90.2 cm³/mol. The maximum absolute atomic E-state index is 5.89. The second-order valence-electron chi connectivity index (χ2n) is 5.77. The third kappa shape index (κ3) is 3.82. The molecule has 0 amide bonds. The summed E-state index contributed by atoms with van der Waals surface area (Å²) in [7, 11) is 1.67. The van der Waals surface area contributed by atoms with E-state index in [0.717, 1.165) is 31.4 Å². The van der Waals surface area contributed by atoms with Crippen LogP contribution >= 0.6 is 0 Å². The third-order valence-electron chi connectivity index (χ3n) is 4.48. The van der Waals surface area contributed by atoms with E-state index in [0.29, 0.717) is 5.69 Å². The van der Waals surface area contributed by atoms with Gasteiger partial charge in [-0.2, -0.15) is 0 Å². The van der Waals surface area contributed by atoms with Gasteiger partial charge in [-0.1, -0.05) is 13.8 Å². The lowest BCUT2D eigenvalue weighted by Gasteiger charge is -2.39. The molecule has 0 radical (unpaired) electrons. The number of nitrogens with two attached hydrogens (primary N) is 1. The molecule has 0 saturated carbocycles. The summed E-state index contributed by atoms with van der Waals surface area (Å²) in [5.74, 6) is 0.774. The summed E-state index contributed by atoms with van der Waals surface area (Å²) in [6.45, 7) is 9.13. The summed E-state index contributed by atoms with van der Waals surface area (Å²) in [5.41, 5.74) is 7.82. The molecule has 2 rings (SSSR count). The van der Waals surface area contributed by atoms with Crippen LogP contribution in [0.4, 0.5) is 11.4 Å². The maximum Gasteiger partial charge on any atom is 0.143 e. The molecular weight excluding hydrogens is 262 g/mol. The Bertz CT molecular complexity index is 442. The quantitative estimate of drug-likeness (QED) is 0.818. The zero-order valence-electron chi connectivity index (χ0n) is 13.6. The molecule has 0 spiro atoms. The topological polar surface area (TPSA) is 41.7 Å². The summed E-state index contributed by atoms with van der Waals surface area (Å²) in [6.07, 6.45) is 3.71. The first kappa shape index (κ1) is 16.0. The van der Waals surface area contributed by atoms with Crippen LogP contribution in [0, 0.1) is 0 Å². The summed E-state index contributed by atoms with van der Waals surface area (Å²) in [4.78, 5) is 5.07. The second-order valence-corrected chi connectivity index (χ2v) is 5.77. The van der Waals surface area contributed by atoms with Crippen molar-refractivity contribution in [2.24, 2.45) is 0 Å². The fourth-order valence-corrected chi connectivity index (χ4v) is 3.27. The zero-order valence-corrected chi connectivity index (χ0v) is 13.6. The summed E-state index contributed by atoms with van der Waals surface area (Å²) < 4.78 is 5.33. The van der Waals surface area contributed by atoms with Gasteiger partial charge < -0.3 is 20.3 Å². The van der Waals surface area contributed by atoms with Gasteiger partial charge in [-0.3, -0.25) is 0 Å². The average Bonchev–Trinajstić information content (AvgIpc) is 2.53. The van der Waals surface area contributed by atoms with Crippen LogP contribution in [0.25, 0.3) is 0 Å². The summed E-state index contributed by atoms with van der Waals surface area (Å²) in [5, 5.41) is 0. The molecule has 0 bridgehead atoms. The highest BCUT2D eigenvalue weighted by molar-refractivity contribution is 5.62. The van der Waals surface area contributed by atoms with Gasteiger partial charge >= 0.3 is 0 Å². The number of benzene rings is 1. The second kappa shape index (κ2) is 7.55. The van der Waals surface area contributed by atoms with Crippen LogP contribution in [-0.2, 0) is 0 Å². The predicted octanol–water partition coefficient (Wildman–Crippen LogP) is 2.98. The van der Waals surface area contributed by atoms with E-state index in [4.69, 9.17) is 10.5 Å². The average molecular weight is 291 g/mol. The van der Waals surface area contributed by atoms with Gasteiger partial charge in [0.15, 0.2) is 0 Å². The highest BCUT2D eigenvalue weighted by atomic mass is 16.5. The van der Waals surface area contributed by atoms with Crippen LogP contribution < -0.4 is 15.4 Å². The van der Waals surface area contributed by atoms with Crippen LogP contribution in [-0.4, -0.2) is 44.2 Å². The number of methoxy groups -OCH3 is 1. The zero-order chi connectivity index (χ0) is 15.2. The van der Waals surface area contributed by atoms with Crippen molar-refractivity contribution in [3.05, 3.63) is 18.2 Å². The normalized spacial score (nSPS) is 16.5. The molecule has 0 aromatic heterocycles. The fraction of sp³-hybridized carbons (Fsp3) is 0.647. The van der Waals surface area contributed by atoms with Gasteiger partial charge in [-0.15, -0.1) is 0 Å². The Morgan fingerprint density at radius 2 is 2.00 bits per heavy atom. The number of nitrogens with zero attached hydrogens (tertiary/aromatic N) is 2. The Balaban J connectivity index is 1.97. The van der Waals surface area contributed by atoms with Crippen molar-refractivity contribution in [2.45, 2.75) is 39.2 Å². The Morgan fingerprint density at radius 1 is 1.29 bits per heavy atom. The minimum atomic E-state index is 0.705. The molecule has 1 aliphatic heterocycles. The molecule has 0 aliphatic carbocycles. The van der Waals surface area contributed by atoms with E-state index in [1.165, 1.54) is 31.5 Å². The van der Waals surface area contributed by atoms with Crippen LogP contribution in [0.5, 0.6) is 5.75 Å². The van der Waals surface area contributed by atoms with E-state index in [-0.39, 0.29) is 0 Å². The molecule has 118 valence electrons. The smallest absolute Gasteiger partial charge is 0.143 e. The van der Waals surface area contributed by atoms with Crippen molar-refractivity contribution in [1.29, 1.82) is 0 Å². The van der Waals surface area contributed by atoms with Crippen LogP contribution in [0.1, 0.15) is 33.1 Å². The molecule has 1 fully saturated rings. The largest absolute Gasteiger partial charge is 0.495 e. The molecule has 0 atom stereocenters. The summed E-state index contributed by atoms with van der Waals surface area (Å²) >= 11 is 0. The first-order valence-corrected chi connectivity index (χ1v) is 8.12. The molecule has 1 aromatic carbocycles. The number of nitrogen functional groups attached to an aromatic ring is 1. The molecular formula is C17H29N3O. The Morgan fingerprint density at radius 3 is 2.57 bits per heavy atom. The molecule has 4 nitrogen and oxygen atoms in total. The van der Waals surface area contributed by atoms with E-state index in [1.807, 2.05) is 6.07 Å². The van der Waals surface area contributed by atoms with Crippen LogP contribution in [0.3, 0.4) is 0 Å². The molecule has 1 saturated heterocycles. The minimum absolute atomic E-state index is 0.705. The van der Waals surface area contributed by atoms with Crippen molar-refractivity contribution in [2.75, 3.05) is 43.9 Å². The van der Waals surface area contributed by atoms with Crippen molar-refractivity contribution in [3.8, 4) is 5.75 Å². The molecule has 1 heterocycles. The molecule has 0 unspecified atom stereocenters. The van der Waals surface area contributed by atoms with Gasteiger partial charge in [-0.25, -0.2) is 0 Å². The first-order chi connectivity index (χ1) is 10.2. The lowest BCUT2D eigenvalue weighted by Crippen LogP contribution is -2.45. The van der Waals surface area contributed by atoms with Crippen LogP contribution in [0.2, 0.25) is 0 Å². The van der Waals surface area contributed by atoms with E-state index in [1.54, 1.807) is 7.11 Å². The summed E-state index contributed by atoms with van der Waals surface area (Å²) in [6, 6.07) is 6.83. The molecule has 1 aromatic rings. The minimum Gasteiger partial charge on any atom is -0.495 e. The lowest BCUT2D eigenvalue weighted by atomic mass is 10.0. The van der Waals surface area contributed by atoms with E-state index in [9.17, 15) is 0 Å². The lowest BCUT2D eigenvalue weighted by molar-refractivity contribution is 0.177. The van der Waals surface area contributed by atoms with Crippen LogP contribution in [0.15, 0.2) is 18.2 Å². The highest BCUT2D eigenvalue weighted by Gasteiger charge is 2.23. The number of hydrogen-bond acceptors (Lipinski definition) is 4. The first-order valence-electron chi connectivity index (χ1n) is 8.12. The number of piperidine rings is 1. The van der Waals surface area contributed by atoms with Gasteiger partial charge in [0.2, 0.25) is 0 Å². The fourth-order valence-electron chi connectivity index (χ4n) is 3.27. The molecule has 2 N–H and O–H groups in total. The van der Waals surface area contributed by atoms with E-state index < -0.39 is 0 Å². The highest BCUT2D eigenvalue weighted by Crippen LogP contribution is 2.29. The van der Waals surface area contributed by atoms with Gasteiger partial charge in [-0.05, 0) is 44.5 Å². The van der Waals surface area contributed by atoms with E-state index in [2.05, 4.69) is 35.8 Å². The Labute approximate surface area is 128 Å². The standard InChI is InChI=1S/C17H29N3O/c1-4-10-19(5-2)14-8-11-20(12-9-14)15-6-7-16(18)17(13-15)21-3/h6-7,13-14H,4-5,8-12,18H2,1-3H3. The third-order valence-corrected chi connectivity index (χ3v) is 4.48. The number of anilines is 2. The number of rotatable bonds is 6. The molecule has 21 heavy (non-hydrogen) atoms. The van der Waals surface area contributed by atoms with Crippen molar-refractivity contribution >= 4 is 11.4 Å². The molecule has 1 aliphatic rings. The van der Waals surface area contributed by atoms with Crippen molar-refractivity contribution in [3.63, 3.8) is 0 Å². The van der Waals surface area contributed by atoms with Gasteiger partial charge in [0.25, 0.3) is 0 Å². The monoisotopic (exact) mass is 291 g/mol. The van der Waals surface area contributed by atoms with Gasteiger partial charge in [0.05, 0.1) is 12.8 Å². The SMILES string of the molecule is CCCN(CC)C1CCN(c2ccc(N)c(OC)c2)CC1. The van der Waals surface area contributed by atoms with Crippen molar-refractivity contribution < 1.29 is 4.74 Å².